The van der Waals surface area contributed by atoms with Crippen molar-refractivity contribution in [3.8, 4) is 0 Å². The molecular formula is C17H24F2N4O. The van der Waals surface area contributed by atoms with E-state index in [0.29, 0.717) is 5.69 Å². The average molecular weight is 338 g/mol. The third-order valence-corrected chi connectivity index (χ3v) is 4.62. The van der Waals surface area contributed by atoms with Crippen molar-refractivity contribution in [3.05, 3.63) is 29.8 Å². The number of hydrogen-bond acceptors (Lipinski definition) is 4. The monoisotopic (exact) mass is 338 g/mol. The van der Waals surface area contributed by atoms with Gasteiger partial charge < -0.3 is 10.2 Å². The van der Waals surface area contributed by atoms with Crippen LogP contribution in [0.25, 0.3) is 0 Å². The first-order valence-electron chi connectivity index (χ1n) is 8.33. The zero-order chi connectivity index (χ0) is 17.2. The summed E-state index contributed by atoms with van der Waals surface area (Å²) in [6.45, 7) is 4.55. The zero-order valence-corrected chi connectivity index (χ0v) is 13.9. The molecule has 0 aromatic heterocycles. The van der Waals surface area contributed by atoms with Crippen molar-refractivity contribution < 1.29 is 13.6 Å². The molecule has 2 fully saturated rings. The lowest BCUT2D eigenvalue weighted by Crippen LogP contribution is -2.43. The molecule has 0 bridgehead atoms. The number of rotatable bonds is 4. The summed E-state index contributed by atoms with van der Waals surface area (Å²) in [4.78, 5) is 16.8. The minimum absolute atomic E-state index is 0.399. The lowest BCUT2D eigenvalue weighted by molar-refractivity contribution is -0.118. The first-order chi connectivity index (χ1) is 11.4. The highest BCUT2D eigenvalue weighted by atomic mass is 19.3. The van der Waals surface area contributed by atoms with Crippen molar-refractivity contribution in [1.82, 2.24) is 15.1 Å². The van der Waals surface area contributed by atoms with Gasteiger partial charge in [-0.2, -0.15) is 0 Å². The van der Waals surface area contributed by atoms with E-state index < -0.39 is 30.8 Å². The molecule has 0 spiro atoms. The smallest absolute Gasteiger partial charge is 0.262 e. The number of anilines is 1. The standard InChI is InChI=1S/C17H24F2N4O/c1-22-5-7-23(8-6-22)11-13-3-2-4-14(9-13)21-16(24)15-10-17(18,19)12-20-15/h2-4,9,15,20H,5-8,10-12H2,1H3,(H,21,24). The molecule has 0 saturated carbocycles. The number of piperazine rings is 1. The maximum Gasteiger partial charge on any atom is 0.262 e. The molecular weight excluding hydrogens is 314 g/mol. The van der Waals surface area contributed by atoms with Crippen molar-refractivity contribution in [3.63, 3.8) is 0 Å². The molecule has 1 amide bonds. The highest BCUT2D eigenvalue weighted by Crippen LogP contribution is 2.26. The molecule has 2 heterocycles. The first-order valence-corrected chi connectivity index (χ1v) is 8.33. The molecule has 5 nitrogen and oxygen atoms in total. The summed E-state index contributed by atoms with van der Waals surface area (Å²) in [7, 11) is 2.12. The van der Waals surface area contributed by atoms with Gasteiger partial charge in [-0.15, -0.1) is 0 Å². The molecule has 2 N–H and O–H groups in total. The summed E-state index contributed by atoms with van der Waals surface area (Å²) in [6, 6.07) is 6.79. The van der Waals surface area contributed by atoms with Crippen LogP contribution in [0.15, 0.2) is 24.3 Å². The molecule has 1 unspecified atom stereocenters. The molecule has 3 rings (SSSR count). The number of likely N-dealkylation sites (N-methyl/N-ethyl adjacent to an activating group) is 1. The van der Waals surface area contributed by atoms with Gasteiger partial charge in [0, 0.05) is 44.8 Å². The second-order valence-electron chi connectivity index (χ2n) is 6.76. The second kappa shape index (κ2) is 7.13. The van der Waals surface area contributed by atoms with E-state index >= 15 is 0 Å². The normalized spacial score (nSPS) is 24.9. The summed E-state index contributed by atoms with van der Waals surface area (Å²) >= 11 is 0. The average Bonchev–Trinajstić information content (AvgIpc) is 2.90. The molecule has 1 atom stereocenters. The van der Waals surface area contributed by atoms with Gasteiger partial charge in [-0.3, -0.25) is 15.0 Å². The number of halogens is 2. The van der Waals surface area contributed by atoms with Crippen molar-refractivity contribution in [2.75, 3.05) is 45.1 Å². The van der Waals surface area contributed by atoms with E-state index in [-0.39, 0.29) is 0 Å². The van der Waals surface area contributed by atoms with Crippen LogP contribution in [-0.2, 0) is 11.3 Å². The summed E-state index contributed by atoms with van der Waals surface area (Å²) in [5.74, 6) is -3.20. The highest BCUT2D eigenvalue weighted by Gasteiger charge is 2.42. The Labute approximate surface area is 141 Å². The first kappa shape index (κ1) is 17.3. The summed E-state index contributed by atoms with van der Waals surface area (Å²) in [5.41, 5.74) is 1.77. The molecule has 2 aliphatic heterocycles. The van der Waals surface area contributed by atoms with E-state index in [1.807, 2.05) is 18.2 Å². The fourth-order valence-electron chi connectivity index (χ4n) is 3.14. The Morgan fingerprint density at radius 3 is 2.75 bits per heavy atom. The maximum atomic E-state index is 13.2. The van der Waals surface area contributed by atoms with Crippen LogP contribution in [-0.4, -0.2) is 67.4 Å². The minimum atomic E-state index is -2.80. The van der Waals surface area contributed by atoms with Crippen LogP contribution in [0.1, 0.15) is 12.0 Å². The number of benzene rings is 1. The van der Waals surface area contributed by atoms with Crippen LogP contribution in [0.5, 0.6) is 0 Å². The van der Waals surface area contributed by atoms with Crippen molar-refractivity contribution in [2.24, 2.45) is 0 Å². The lowest BCUT2D eigenvalue weighted by atomic mass is 10.1. The number of carbonyl (C=O) groups is 1. The molecule has 0 aliphatic carbocycles. The molecule has 24 heavy (non-hydrogen) atoms. The van der Waals surface area contributed by atoms with Gasteiger partial charge in [0.25, 0.3) is 5.92 Å². The fourth-order valence-corrected chi connectivity index (χ4v) is 3.14. The predicted octanol–water partition coefficient (Wildman–Crippen LogP) is 1.37. The van der Waals surface area contributed by atoms with Crippen LogP contribution in [0, 0.1) is 0 Å². The Balaban J connectivity index is 1.56. The number of amides is 1. The zero-order valence-electron chi connectivity index (χ0n) is 13.9. The van der Waals surface area contributed by atoms with Crippen LogP contribution in [0.2, 0.25) is 0 Å². The summed E-state index contributed by atoms with van der Waals surface area (Å²) < 4.78 is 26.4. The Morgan fingerprint density at radius 1 is 1.33 bits per heavy atom. The van der Waals surface area contributed by atoms with Gasteiger partial charge in [0.1, 0.15) is 0 Å². The topological polar surface area (TPSA) is 47.6 Å². The second-order valence-corrected chi connectivity index (χ2v) is 6.76. The highest BCUT2D eigenvalue weighted by molar-refractivity contribution is 5.95. The molecule has 0 radical (unpaired) electrons. The SMILES string of the molecule is CN1CCN(Cc2cccc(NC(=O)C3CC(F)(F)CN3)c2)CC1. The third-order valence-electron chi connectivity index (χ3n) is 4.62. The fraction of sp³-hybridized carbons (Fsp3) is 0.588. The number of nitrogens with zero attached hydrogens (tertiary/aromatic N) is 2. The van der Waals surface area contributed by atoms with Crippen molar-refractivity contribution in [2.45, 2.75) is 24.9 Å². The number of alkyl halides is 2. The van der Waals surface area contributed by atoms with Crippen molar-refractivity contribution >= 4 is 11.6 Å². The molecule has 1 aromatic carbocycles. The third kappa shape index (κ3) is 4.49. The Hall–Kier alpha value is -1.57. The molecule has 1 aromatic rings. The van der Waals surface area contributed by atoms with Gasteiger partial charge >= 0.3 is 0 Å². The van der Waals surface area contributed by atoms with Gasteiger partial charge in [0.15, 0.2) is 0 Å². The summed E-state index contributed by atoms with van der Waals surface area (Å²) in [5, 5.41) is 5.32. The lowest BCUT2D eigenvalue weighted by Gasteiger charge is -2.32. The Morgan fingerprint density at radius 2 is 2.08 bits per heavy atom. The van der Waals surface area contributed by atoms with Crippen LogP contribution in [0.4, 0.5) is 14.5 Å². The largest absolute Gasteiger partial charge is 0.325 e. The van der Waals surface area contributed by atoms with Crippen LogP contribution in [0.3, 0.4) is 0 Å². The van der Waals surface area contributed by atoms with Gasteiger partial charge in [-0.1, -0.05) is 12.1 Å². The summed E-state index contributed by atoms with van der Waals surface area (Å²) in [6.07, 6.45) is -0.445. The van der Waals surface area contributed by atoms with Gasteiger partial charge in [-0.05, 0) is 24.7 Å². The molecule has 2 aliphatic rings. The maximum absolute atomic E-state index is 13.2. The van der Waals surface area contributed by atoms with E-state index in [2.05, 4.69) is 27.5 Å². The van der Waals surface area contributed by atoms with Crippen molar-refractivity contribution in [1.29, 1.82) is 0 Å². The van der Waals surface area contributed by atoms with E-state index in [1.54, 1.807) is 6.07 Å². The van der Waals surface area contributed by atoms with Gasteiger partial charge in [0.2, 0.25) is 5.91 Å². The quantitative estimate of drug-likeness (QED) is 0.871. The number of hydrogen-bond donors (Lipinski definition) is 2. The van der Waals surface area contributed by atoms with E-state index in [1.165, 1.54) is 0 Å². The molecule has 7 heteroatoms. The Kier molecular flexibility index (Phi) is 5.12. The predicted molar refractivity (Wildman–Crippen MR) is 89.2 cm³/mol. The molecule has 2 saturated heterocycles. The Bertz CT molecular complexity index is 588. The van der Waals surface area contributed by atoms with E-state index in [4.69, 9.17) is 0 Å². The number of nitrogens with one attached hydrogen (secondary N) is 2. The molecule has 132 valence electrons. The van der Waals surface area contributed by atoms with Crippen LogP contribution < -0.4 is 10.6 Å². The van der Waals surface area contributed by atoms with Crippen LogP contribution >= 0.6 is 0 Å². The van der Waals surface area contributed by atoms with Gasteiger partial charge in [0.05, 0.1) is 12.6 Å². The number of carbonyl (C=O) groups excluding carboxylic acids is 1. The minimum Gasteiger partial charge on any atom is -0.325 e. The van der Waals surface area contributed by atoms with E-state index in [0.717, 1.165) is 38.3 Å². The van der Waals surface area contributed by atoms with Gasteiger partial charge in [-0.25, -0.2) is 8.78 Å². The van der Waals surface area contributed by atoms with E-state index in [9.17, 15) is 13.6 Å².